The summed E-state index contributed by atoms with van der Waals surface area (Å²) in [5.74, 6) is 2.44. The topological polar surface area (TPSA) is 68.8 Å². The first kappa shape index (κ1) is 11.6. The van der Waals surface area contributed by atoms with Gasteiger partial charge in [0.25, 0.3) is 0 Å². The lowest BCUT2D eigenvalue weighted by molar-refractivity contribution is 0.477. The van der Waals surface area contributed by atoms with Crippen LogP contribution in [0.1, 0.15) is 30.7 Å². The molecule has 2 rings (SSSR count). The normalized spacial score (nSPS) is 10.8. The van der Waals surface area contributed by atoms with Crippen LogP contribution in [0, 0.1) is 13.8 Å². The molecule has 17 heavy (non-hydrogen) atoms. The van der Waals surface area contributed by atoms with Gasteiger partial charge in [0.2, 0.25) is 5.89 Å². The van der Waals surface area contributed by atoms with Crippen molar-refractivity contribution in [2.75, 3.05) is 5.32 Å². The summed E-state index contributed by atoms with van der Waals surface area (Å²) in [5, 5.41) is 11.1. The van der Waals surface area contributed by atoms with Crippen LogP contribution in [0.3, 0.4) is 0 Å². The minimum absolute atomic E-state index is 0.547. The molecule has 2 heterocycles. The van der Waals surface area contributed by atoms with Gasteiger partial charge in [-0.2, -0.15) is 0 Å². The maximum atomic E-state index is 5.49. The monoisotopic (exact) mass is 235 g/mol. The Hall–Kier alpha value is -1.85. The second-order valence-corrected chi connectivity index (χ2v) is 3.95. The van der Waals surface area contributed by atoms with E-state index in [1.54, 1.807) is 6.20 Å². The van der Waals surface area contributed by atoms with Gasteiger partial charge < -0.3 is 9.73 Å². The van der Waals surface area contributed by atoms with Crippen LogP contribution in [0.25, 0.3) is 0 Å². The Bertz CT molecular complexity index is 468. The standard InChI is InChI=1S/C11H17N5O/c1-4-5-16-10(6-13-15-16)12-7-11-14-8(2)9(3)17-11/h6,12H,4-5,7H2,1-3H3. The maximum absolute atomic E-state index is 5.49. The number of anilines is 1. The predicted molar refractivity (Wildman–Crippen MR) is 63.6 cm³/mol. The van der Waals surface area contributed by atoms with Crippen LogP contribution in [-0.4, -0.2) is 20.0 Å². The summed E-state index contributed by atoms with van der Waals surface area (Å²) >= 11 is 0. The van der Waals surface area contributed by atoms with Crippen molar-refractivity contribution >= 4 is 5.82 Å². The zero-order valence-electron chi connectivity index (χ0n) is 10.4. The van der Waals surface area contributed by atoms with Crippen LogP contribution in [0.5, 0.6) is 0 Å². The van der Waals surface area contributed by atoms with E-state index >= 15 is 0 Å². The van der Waals surface area contributed by atoms with E-state index in [9.17, 15) is 0 Å². The van der Waals surface area contributed by atoms with Gasteiger partial charge >= 0.3 is 0 Å². The van der Waals surface area contributed by atoms with Crippen LogP contribution < -0.4 is 5.32 Å². The number of aromatic nitrogens is 4. The Morgan fingerprint density at radius 2 is 2.24 bits per heavy atom. The fourth-order valence-electron chi connectivity index (χ4n) is 1.55. The highest BCUT2D eigenvalue weighted by atomic mass is 16.4. The van der Waals surface area contributed by atoms with E-state index in [0.29, 0.717) is 12.4 Å². The second-order valence-electron chi connectivity index (χ2n) is 3.95. The number of oxazole rings is 1. The second kappa shape index (κ2) is 4.99. The molecule has 0 aromatic carbocycles. The fraction of sp³-hybridized carbons (Fsp3) is 0.545. The summed E-state index contributed by atoms with van der Waals surface area (Å²) < 4.78 is 7.32. The molecule has 0 aliphatic heterocycles. The van der Waals surface area contributed by atoms with Gasteiger partial charge in [-0.25, -0.2) is 9.67 Å². The predicted octanol–water partition coefficient (Wildman–Crippen LogP) is 1.91. The van der Waals surface area contributed by atoms with Gasteiger partial charge in [-0.15, -0.1) is 5.10 Å². The molecule has 0 aliphatic carbocycles. The third-order valence-electron chi connectivity index (χ3n) is 2.55. The zero-order valence-corrected chi connectivity index (χ0v) is 10.4. The molecule has 0 bridgehead atoms. The largest absolute Gasteiger partial charge is 0.444 e. The van der Waals surface area contributed by atoms with E-state index in [1.165, 1.54) is 0 Å². The molecule has 0 saturated heterocycles. The van der Waals surface area contributed by atoms with E-state index in [2.05, 4.69) is 27.5 Å². The van der Waals surface area contributed by atoms with Gasteiger partial charge in [-0.1, -0.05) is 12.1 Å². The number of nitrogens with zero attached hydrogens (tertiary/aromatic N) is 4. The lowest BCUT2D eigenvalue weighted by atomic mass is 10.4. The SMILES string of the molecule is CCCn1nncc1NCc1nc(C)c(C)o1. The van der Waals surface area contributed by atoms with Crippen molar-refractivity contribution in [1.29, 1.82) is 0 Å². The van der Waals surface area contributed by atoms with Crippen molar-refractivity contribution in [3.05, 3.63) is 23.5 Å². The molecule has 92 valence electrons. The van der Waals surface area contributed by atoms with E-state index in [0.717, 1.165) is 30.2 Å². The van der Waals surface area contributed by atoms with Crippen molar-refractivity contribution in [2.24, 2.45) is 0 Å². The molecule has 0 aliphatic rings. The van der Waals surface area contributed by atoms with Crippen molar-refractivity contribution in [3.8, 4) is 0 Å². The van der Waals surface area contributed by atoms with Crippen molar-refractivity contribution in [1.82, 2.24) is 20.0 Å². The summed E-state index contributed by atoms with van der Waals surface area (Å²) in [6.45, 7) is 7.35. The first-order valence-electron chi connectivity index (χ1n) is 5.76. The summed E-state index contributed by atoms with van der Waals surface area (Å²) in [6, 6.07) is 0. The first-order valence-corrected chi connectivity index (χ1v) is 5.76. The van der Waals surface area contributed by atoms with Crippen molar-refractivity contribution < 1.29 is 4.42 Å². The molecule has 0 fully saturated rings. The Labute approximate surface area is 100 Å². The molecule has 0 amide bonds. The number of nitrogens with one attached hydrogen (secondary N) is 1. The number of aryl methyl sites for hydroxylation is 3. The molecule has 0 saturated carbocycles. The van der Waals surface area contributed by atoms with E-state index in [-0.39, 0.29) is 0 Å². The molecule has 0 unspecified atom stereocenters. The van der Waals surface area contributed by atoms with Gasteiger partial charge in [0.05, 0.1) is 18.4 Å². The smallest absolute Gasteiger partial charge is 0.213 e. The van der Waals surface area contributed by atoms with Gasteiger partial charge in [-0.3, -0.25) is 0 Å². The van der Waals surface area contributed by atoms with Gasteiger partial charge in [0, 0.05) is 6.54 Å². The molecular weight excluding hydrogens is 218 g/mol. The molecular formula is C11H17N5O. The third kappa shape index (κ3) is 2.64. The molecule has 6 nitrogen and oxygen atoms in total. The van der Waals surface area contributed by atoms with Crippen molar-refractivity contribution in [3.63, 3.8) is 0 Å². The fourth-order valence-corrected chi connectivity index (χ4v) is 1.55. The molecule has 0 spiro atoms. The minimum atomic E-state index is 0.547. The van der Waals surface area contributed by atoms with Gasteiger partial charge in [0.15, 0.2) is 0 Å². The highest BCUT2D eigenvalue weighted by Gasteiger charge is 2.07. The van der Waals surface area contributed by atoms with Crippen LogP contribution in [-0.2, 0) is 13.1 Å². The number of hydrogen-bond donors (Lipinski definition) is 1. The number of rotatable bonds is 5. The van der Waals surface area contributed by atoms with E-state index in [4.69, 9.17) is 4.42 Å². The van der Waals surface area contributed by atoms with Gasteiger partial charge in [-0.05, 0) is 20.3 Å². The number of hydrogen-bond acceptors (Lipinski definition) is 5. The lowest BCUT2D eigenvalue weighted by Crippen LogP contribution is -2.08. The minimum Gasteiger partial charge on any atom is -0.444 e. The summed E-state index contributed by atoms with van der Waals surface area (Å²) in [7, 11) is 0. The third-order valence-corrected chi connectivity index (χ3v) is 2.55. The highest BCUT2D eigenvalue weighted by molar-refractivity contribution is 5.31. The molecule has 6 heteroatoms. The lowest BCUT2D eigenvalue weighted by Gasteiger charge is -2.05. The molecule has 2 aromatic rings. The average Bonchev–Trinajstić information content (AvgIpc) is 2.85. The van der Waals surface area contributed by atoms with Crippen LogP contribution in [0.4, 0.5) is 5.82 Å². The Morgan fingerprint density at radius 3 is 2.88 bits per heavy atom. The first-order chi connectivity index (χ1) is 8.20. The van der Waals surface area contributed by atoms with Crippen LogP contribution in [0.2, 0.25) is 0 Å². The zero-order chi connectivity index (χ0) is 12.3. The van der Waals surface area contributed by atoms with Crippen molar-refractivity contribution in [2.45, 2.75) is 40.3 Å². The van der Waals surface area contributed by atoms with E-state index < -0.39 is 0 Å². The highest BCUT2D eigenvalue weighted by Crippen LogP contribution is 2.11. The molecule has 0 radical (unpaired) electrons. The Balaban J connectivity index is 1.99. The quantitative estimate of drug-likeness (QED) is 0.857. The summed E-state index contributed by atoms with van der Waals surface area (Å²) in [6.07, 6.45) is 2.73. The van der Waals surface area contributed by atoms with Crippen LogP contribution >= 0.6 is 0 Å². The maximum Gasteiger partial charge on any atom is 0.213 e. The van der Waals surface area contributed by atoms with Gasteiger partial charge in [0.1, 0.15) is 11.6 Å². The average molecular weight is 235 g/mol. The van der Waals surface area contributed by atoms with E-state index in [1.807, 2.05) is 18.5 Å². The summed E-state index contributed by atoms with van der Waals surface area (Å²) in [4.78, 5) is 4.31. The Morgan fingerprint density at radius 1 is 1.41 bits per heavy atom. The molecule has 2 aromatic heterocycles. The molecule has 0 atom stereocenters. The summed E-state index contributed by atoms with van der Waals surface area (Å²) in [5.41, 5.74) is 0.932. The molecule has 1 N–H and O–H groups in total. The van der Waals surface area contributed by atoms with Crippen LogP contribution in [0.15, 0.2) is 10.6 Å². The Kier molecular flexibility index (Phi) is 3.41.